The van der Waals surface area contributed by atoms with Gasteiger partial charge < -0.3 is 9.84 Å². The van der Waals surface area contributed by atoms with Crippen LogP contribution in [0.25, 0.3) is 11.1 Å². The van der Waals surface area contributed by atoms with Gasteiger partial charge in [-0.05, 0) is 41.9 Å². The van der Waals surface area contributed by atoms with Gasteiger partial charge in [0.25, 0.3) is 0 Å². The molecule has 0 saturated heterocycles. The van der Waals surface area contributed by atoms with Crippen molar-refractivity contribution in [1.29, 1.82) is 0 Å². The van der Waals surface area contributed by atoms with Gasteiger partial charge in [0.2, 0.25) is 0 Å². The van der Waals surface area contributed by atoms with Gasteiger partial charge in [-0.1, -0.05) is 18.2 Å². The van der Waals surface area contributed by atoms with Crippen LogP contribution in [0.4, 0.5) is 0 Å². The minimum Gasteiger partial charge on any atom is -0.389 e. The SMILES string of the molecule is COCC(O)CN(C)Cc1cccc(-c2ccncc2)c1. The van der Waals surface area contributed by atoms with E-state index in [2.05, 4.69) is 34.1 Å². The summed E-state index contributed by atoms with van der Waals surface area (Å²) in [5, 5.41) is 9.76. The van der Waals surface area contributed by atoms with Crippen molar-refractivity contribution in [3.05, 3.63) is 54.4 Å². The van der Waals surface area contributed by atoms with Crippen LogP contribution < -0.4 is 0 Å². The quantitative estimate of drug-likeness (QED) is 0.847. The Labute approximate surface area is 126 Å². The smallest absolute Gasteiger partial charge is 0.0900 e. The Morgan fingerprint density at radius 3 is 2.67 bits per heavy atom. The van der Waals surface area contributed by atoms with Crippen molar-refractivity contribution in [2.45, 2.75) is 12.6 Å². The Bertz CT molecular complexity index is 545. The first-order chi connectivity index (χ1) is 10.2. The third-order valence-electron chi connectivity index (χ3n) is 3.27. The summed E-state index contributed by atoms with van der Waals surface area (Å²) in [6.45, 7) is 1.74. The highest BCUT2D eigenvalue weighted by atomic mass is 16.5. The minimum atomic E-state index is -0.455. The van der Waals surface area contributed by atoms with Crippen molar-refractivity contribution in [2.24, 2.45) is 0 Å². The zero-order valence-electron chi connectivity index (χ0n) is 12.6. The van der Waals surface area contributed by atoms with Crippen LogP contribution in [0, 0.1) is 0 Å². The summed E-state index contributed by atoms with van der Waals surface area (Å²) in [4.78, 5) is 6.14. The molecule has 0 aliphatic carbocycles. The van der Waals surface area contributed by atoms with Gasteiger partial charge in [0, 0.05) is 32.6 Å². The number of aromatic nitrogens is 1. The number of hydrogen-bond acceptors (Lipinski definition) is 4. The minimum absolute atomic E-state index is 0.362. The van der Waals surface area contributed by atoms with Crippen molar-refractivity contribution >= 4 is 0 Å². The highest BCUT2D eigenvalue weighted by Crippen LogP contribution is 2.20. The number of pyridine rings is 1. The summed E-state index contributed by atoms with van der Waals surface area (Å²) in [6, 6.07) is 12.4. The van der Waals surface area contributed by atoms with E-state index in [1.165, 1.54) is 11.1 Å². The zero-order chi connectivity index (χ0) is 15.1. The van der Waals surface area contributed by atoms with Crippen LogP contribution in [0.15, 0.2) is 48.8 Å². The average Bonchev–Trinajstić information content (AvgIpc) is 2.48. The molecule has 0 aliphatic rings. The number of likely N-dealkylation sites (N-methyl/N-ethyl adjacent to an activating group) is 1. The van der Waals surface area contributed by atoms with Crippen LogP contribution in [0.2, 0.25) is 0 Å². The normalized spacial score (nSPS) is 12.6. The molecule has 0 amide bonds. The average molecular weight is 286 g/mol. The first-order valence-electron chi connectivity index (χ1n) is 7.04. The maximum atomic E-state index is 9.76. The lowest BCUT2D eigenvalue weighted by Crippen LogP contribution is -2.31. The molecule has 4 nitrogen and oxygen atoms in total. The predicted octanol–water partition coefficient (Wildman–Crippen LogP) is 2.19. The van der Waals surface area contributed by atoms with E-state index >= 15 is 0 Å². The van der Waals surface area contributed by atoms with Gasteiger partial charge >= 0.3 is 0 Å². The fraction of sp³-hybridized carbons (Fsp3) is 0.353. The summed E-state index contributed by atoms with van der Waals surface area (Å²) >= 11 is 0. The molecule has 1 aromatic heterocycles. The number of aliphatic hydroxyl groups excluding tert-OH is 1. The predicted molar refractivity (Wildman–Crippen MR) is 83.9 cm³/mol. The van der Waals surface area contributed by atoms with E-state index < -0.39 is 6.10 Å². The zero-order valence-corrected chi connectivity index (χ0v) is 12.6. The molecular formula is C17H22N2O2. The maximum Gasteiger partial charge on any atom is 0.0900 e. The van der Waals surface area contributed by atoms with Crippen molar-refractivity contribution < 1.29 is 9.84 Å². The molecule has 1 aromatic carbocycles. The Morgan fingerprint density at radius 1 is 1.19 bits per heavy atom. The van der Waals surface area contributed by atoms with Gasteiger partial charge in [-0.25, -0.2) is 0 Å². The monoisotopic (exact) mass is 286 g/mol. The molecule has 1 heterocycles. The first kappa shape index (κ1) is 15.6. The Morgan fingerprint density at radius 2 is 1.95 bits per heavy atom. The van der Waals surface area contributed by atoms with Crippen LogP contribution in [-0.4, -0.2) is 48.4 Å². The molecule has 112 valence electrons. The van der Waals surface area contributed by atoms with Gasteiger partial charge in [-0.2, -0.15) is 0 Å². The fourth-order valence-corrected chi connectivity index (χ4v) is 2.37. The summed E-state index contributed by atoms with van der Waals surface area (Å²) in [5.41, 5.74) is 3.56. The number of rotatable bonds is 7. The van der Waals surface area contributed by atoms with E-state index in [4.69, 9.17) is 4.74 Å². The Hall–Kier alpha value is -1.75. The Kier molecular flexibility index (Phi) is 5.87. The van der Waals surface area contributed by atoms with Gasteiger partial charge in [-0.15, -0.1) is 0 Å². The molecule has 1 atom stereocenters. The highest BCUT2D eigenvalue weighted by Gasteiger charge is 2.08. The van der Waals surface area contributed by atoms with Crippen molar-refractivity contribution in [3.8, 4) is 11.1 Å². The van der Waals surface area contributed by atoms with Crippen molar-refractivity contribution in [3.63, 3.8) is 0 Å². The summed E-state index contributed by atoms with van der Waals surface area (Å²) < 4.78 is 4.95. The molecule has 2 aromatic rings. The second-order valence-corrected chi connectivity index (χ2v) is 5.24. The second-order valence-electron chi connectivity index (χ2n) is 5.24. The topological polar surface area (TPSA) is 45.6 Å². The standard InChI is InChI=1S/C17H22N2O2/c1-19(12-17(20)13-21-2)11-14-4-3-5-16(10-14)15-6-8-18-9-7-15/h3-10,17,20H,11-13H2,1-2H3. The lowest BCUT2D eigenvalue weighted by Gasteiger charge is -2.20. The highest BCUT2D eigenvalue weighted by molar-refractivity contribution is 5.63. The van der Waals surface area contributed by atoms with E-state index in [0.29, 0.717) is 13.2 Å². The van der Waals surface area contributed by atoms with Gasteiger partial charge in [0.1, 0.15) is 0 Å². The molecule has 0 aliphatic heterocycles. The molecular weight excluding hydrogens is 264 g/mol. The molecule has 4 heteroatoms. The molecule has 0 bridgehead atoms. The molecule has 0 radical (unpaired) electrons. The molecule has 2 rings (SSSR count). The van der Waals surface area contributed by atoms with E-state index in [9.17, 15) is 5.11 Å². The second kappa shape index (κ2) is 7.88. The van der Waals surface area contributed by atoms with Crippen LogP contribution in [-0.2, 0) is 11.3 Å². The molecule has 0 saturated carbocycles. The lowest BCUT2D eigenvalue weighted by atomic mass is 10.0. The maximum absolute atomic E-state index is 9.76. The third kappa shape index (κ3) is 4.93. The van der Waals surface area contributed by atoms with Crippen LogP contribution in [0.5, 0.6) is 0 Å². The van der Waals surface area contributed by atoms with E-state index in [1.54, 1.807) is 19.5 Å². The molecule has 1 unspecified atom stereocenters. The number of hydrogen-bond donors (Lipinski definition) is 1. The first-order valence-corrected chi connectivity index (χ1v) is 7.04. The largest absolute Gasteiger partial charge is 0.389 e. The van der Waals surface area contributed by atoms with E-state index in [-0.39, 0.29) is 0 Å². The molecule has 1 N–H and O–H groups in total. The van der Waals surface area contributed by atoms with Crippen molar-refractivity contribution in [1.82, 2.24) is 9.88 Å². The summed E-state index contributed by atoms with van der Waals surface area (Å²) in [7, 11) is 3.60. The number of ether oxygens (including phenoxy) is 1. The van der Waals surface area contributed by atoms with Crippen LogP contribution in [0.3, 0.4) is 0 Å². The van der Waals surface area contributed by atoms with Gasteiger partial charge in [0.05, 0.1) is 12.7 Å². The molecule has 0 fully saturated rings. The number of aliphatic hydroxyl groups is 1. The van der Waals surface area contributed by atoms with Crippen molar-refractivity contribution in [2.75, 3.05) is 27.3 Å². The van der Waals surface area contributed by atoms with Crippen LogP contribution >= 0.6 is 0 Å². The number of methoxy groups -OCH3 is 1. The van der Waals surface area contributed by atoms with E-state index in [0.717, 1.165) is 12.1 Å². The third-order valence-corrected chi connectivity index (χ3v) is 3.27. The van der Waals surface area contributed by atoms with Gasteiger partial charge in [-0.3, -0.25) is 9.88 Å². The Balaban J connectivity index is 2.01. The summed E-state index contributed by atoms with van der Waals surface area (Å²) in [6.07, 6.45) is 3.15. The van der Waals surface area contributed by atoms with Gasteiger partial charge in [0.15, 0.2) is 0 Å². The lowest BCUT2D eigenvalue weighted by molar-refractivity contribution is 0.0419. The molecule has 0 spiro atoms. The fourth-order valence-electron chi connectivity index (χ4n) is 2.37. The summed E-state index contributed by atoms with van der Waals surface area (Å²) in [5.74, 6) is 0. The number of benzene rings is 1. The van der Waals surface area contributed by atoms with E-state index in [1.807, 2.05) is 19.2 Å². The number of nitrogens with zero attached hydrogens (tertiary/aromatic N) is 2. The molecule has 21 heavy (non-hydrogen) atoms. The van der Waals surface area contributed by atoms with Crippen LogP contribution in [0.1, 0.15) is 5.56 Å².